The second-order valence-electron chi connectivity index (χ2n) is 6.58. The second-order valence-corrected chi connectivity index (χ2v) is 7.60. The van der Waals surface area contributed by atoms with Crippen LogP contribution in [0.1, 0.15) is 34.6 Å². The Kier molecular flexibility index (Phi) is 6.71. The van der Waals surface area contributed by atoms with Gasteiger partial charge in [0.2, 0.25) is 5.89 Å². The fourth-order valence-electron chi connectivity index (χ4n) is 2.71. The number of hydrogen-bond donors (Lipinski definition) is 2. The molecule has 1 amide bonds. The van der Waals surface area contributed by atoms with Crippen LogP contribution in [0.15, 0.2) is 57.9 Å². The number of para-hydroxylation sites is 1. The van der Waals surface area contributed by atoms with Crippen LogP contribution < -0.4 is 10.6 Å². The van der Waals surface area contributed by atoms with E-state index in [0.29, 0.717) is 29.6 Å². The molecule has 1 aromatic heterocycles. The molecule has 146 valence electrons. The van der Waals surface area contributed by atoms with Crippen molar-refractivity contribution in [2.75, 3.05) is 11.9 Å². The van der Waals surface area contributed by atoms with Gasteiger partial charge in [0.15, 0.2) is 5.82 Å². The minimum atomic E-state index is -0.0918. The summed E-state index contributed by atoms with van der Waals surface area (Å²) in [7, 11) is 0. The van der Waals surface area contributed by atoms with Gasteiger partial charge in [0.05, 0.1) is 11.3 Å². The van der Waals surface area contributed by atoms with Gasteiger partial charge in [-0.1, -0.05) is 35.5 Å². The Hall–Kier alpha value is -2.80. The number of anilines is 1. The van der Waals surface area contributed by atoms with Gasteiger partial charge in [-0.15, -0.1) is 11.8 Å². The van der Waals surface area contributed by atoms with Gasteiger partial charge in [-0.2, -0.15) is 4.98 Å². The zero-order valence-electron chi connectivity index (χ0n) is 16.2. The molecule has 1 atom stereocenters. The third kappa shape index (κ3) is 5.36. The standard InChI is InChI=1S/C21H24N4O2S/c1-14-8-4-6-10-18(14)23-15(2)12-22-21(26)17-9-5-7-11-19(17)28-13-20-24-16(3)27-25-20/h4-11,15,23H,12-13H2,1-3H3,(H,22,26). The highest BCUT2D eigenvalue weighted by molar-refractivity contribution is 7.98. The number of nitrogens with zero attached hydrogens (tertiary/aromatic N) is 2. The summed E-state index contributed by atoms with van der Waals surface area (Å²) in [5.74, 6) is 1.61. The van der Waals surface area contributed by atoms with Crippen LogP contribution in [0.4, 0.5) is 5.69 Å². The first-order chi connectivity index (χ1) is 13.5. The number of aromatic nitrogens is 2. The molecule has 0 bridgehead atoms. The predicted octanol–water partition coefficient (Wildman–Crippen LogP) is 4.21. The molecule has 0 spiro atoms. The highest BCUT2D eigenvalue weighted by Crippen LogP contribution is 2.25. The molecule has 1 unspecified atom stereocenters. The molecule has 28 heavy (non-hydrogen) atoms. The number of thioether (sulfide) groups is 1. The third-order valence-corrected chi connectivity index (χ3v) is 5.24. The Balaban J connectivity index is 1.57. The number of carbonyl (C=O) groups excluding carboxylic acids is 1. The molecule has 0 saturated heterocycles. The van der Waals surface area contributed by atoms with Crippen molar-refractivity contribution in [3.8, 4) is 0 Å². The summed E-state index contributed by atoms with van der Waals surface area (Å²) in [4.78, 5) is 17.8. The average molecular weight is 397 g/mol. The maximum absolute atomic E-state index is 12.7. The zero-order valence-corrected chi connectivity index (χ0v) is 17.0. The fourth-order valence-corrected chi connectivity index (χ4v) is 3.61. The fraction of sp³-hybridized carbons (Fsp3) is 0.286. The van der Waals surface area contributed by atoms with Gasteiger partial charge in [-0.05, 0) is 37.6 Å². The van der Waals surface area contributed by atoms with E-state index in [4.69, 9.17) is 4.52 Å². The second kappa shape index (κ2) is 9.41. The lowest BCUT2D eigenvalue weighted by Crippen LogP contribution is -2.35. The van der Waals surface area contributed by atoms with Gasteiger partial charge >= 0.3 is 0 Å². The first-order valence-corrected chi connectivity index (χ1v) is 10.1. The van der Waals surface area contributed by atoms with Crippen LogP contribution in [-0.4, -0.2) is 28.6 Å². The van der Waals surface area contributed by atoms with Gasteiger partial charge in [0, 0.05) is 30.1 Å². The average Bonchev–Trinajstić information content (AvgIpc) is 3.12. The largest absolute Gasteiger partial charge is 0.381 e. The molecule has 3 rings (SSSR count). The molecule has 2 aromatic carbocycles. The van der Waals surface area contributed by atoms with Gasteiger partial charge in [0.1, 0.15) is 0 Å². The summed E-state index contributed by atoms with van der Waals surface area (Å²) < 4.78 is 4.99. The van der Waals surface area contributed by atoms with Crippen LogP contribution in [0, 0.1) is 13.8 Å². The van der Waals surface area contributed by atoms with Crippen LogP contribution in [0.3, 0.4) is 0 Å². The summed E-state index contributed by atoms with van der Waals surface area (Å²) in [6, 6.07) is 15.8. The van der Waals surface area contributed by atoms with Crippen LogP contribution in [0.5, 0.6) is 0 Å². The molecule has 0 fully saturated rings. The SMILES string of the molecule is Cc1nc(CSc2ccccc2C(=O)NCC(C)Nc2ccccc2C)no1. The van der Waals surface area contributed by atoms with Crippen molar-refractivity contribution in [3.05, 3.63) is 71.4 Å². The molecule has 3 aromatic rings. The van der Waals surface area contributed by atoms with Crippen molar-refractivity contribution in [2.24, 2.45) is 0 Å². The molecule has 1 heterocycles. The summed E-state index contributed by atoms with van der Waals surface area (Å²) in [6.07, 6.45) is 0. The van der Waals surface area contributed by atoms with E-state index in [2.05, 4.69) is 33.8 Å². The molecule has 0 saturated carbocycles. The molecule has 6 nitrogen and oxygen atoms in total. The van der Waals surface area contributed by atoms with E-state index in [1.54, 1.807) is 6.92 Å². The van der Waals surface area contributed by atoms with E-state index < -0.39 is 0 Å². The van der Waals surface area contributed by atoms with Gasteiger partial charge < -0.3 is 15.2 Å². The van der Waals surface area contributed by atoms with Gasteiger partial charge in [-0.3, -0.25) is 4.79 Å². The molecule has 0 aliphatic carbocycles. The predicted molar refractivity (Wildman–Crippen MR) is 112 cm³/mol. The number of nitrogens with one attached hydrogen (secondary N) is 2. The van der Waals surface area contributed by atoms with Crippen molar-refractivity contribution in [1.29, 1.82) is 0 Å². The molecule has 0 aliphatic rings. The van der Waals surface area contributed by atoms with Gasteiger partial charge in [-0.25, -0.2) is 0 Å². The third-order valence-electron chi connectivity index (χ3n) is 4.17. The Labute approximate surface area is 169 Å². The highest BCUT2D eigenvalue weighted by Gasteiger charge is 2.14. The van der Waals surface area contributed by atoms with Crippen molar-refractivity contribution >= 4 is 23.4 Å². The number of amides is 1. The monoisotopic (exact) mass is 396 g/mol. The topological polar surface area (TPSA) is 80.0 Å². The minimum absolute atomic E-state index is 0.0918. The van der Waals surface area contributed by atoms with E-state index in [1.165, 1.54) is 17.3 Å². The molecule has 0 aliphatic heterocycles. The lowest BCUT2D eigenvalue weighted by atomic mass is 10.1. The Bertz CT molecular complexity index is 941. The highest BCUT2D eigenvalue weighted by atomic mass is 32.2. The maximum Gasteiger partial charge on any atom is 0.252 e. The first kappa shape index (κ1) is 19.9. The molecule has 2 N–H and O–H groups in total. The summed E-state index contributed by atoms with van der Waals surface area (Å²) in [5, 5.41) is 10.3. The normalized spacial score (nSPS) is 11.8. The Morgan fingerprint density at radius 3 is 2.64 bits per heavy atom. The smallest absolute Gasteiger partial charge is 0.252 e. The van der Waals surface area contributed by atoms with E-state index in [1.807, 2.05) is 49.4 Å². The number of benzene rings is 2. The quantitative estimate of drug-likeness (QED) is 0.555. The Morgan fingerprint density at radius 1 is 1.14 bits per heavy atom. The number of aryl methyl sites for hydroxylation is 2. The number of rotatable bonds is 8. The first-order valence-electron chi connectivity index (χ1n) is 9.14. The molecular weight excluding hydrogens is 372 g/mol. The maximum atomic E-state index is 12.7. The zero-order chi connectivity index (χ0) is 19.9. The summed E-state index contributed by atoms with van der Waals surface area (Å²) in [5.41, 5.74) is 2.91. The number of carbonyl (C=O) groups is 1. The molecular formula is C21H24N4O2S. The van der Waals surface area contributed by atoms with Crippen LogP contribution in [0.2, 0.25) is 0 Å². The van der Waals surface area contributed by atoms with Crippen LogP contribution in [-0.2, 0) is 5.75 Å². The van der Waals surface area contributed by atoms with E-state index in [0.717, 1.165) is 10.6 Å². The summed E-state index contributed by atoms with van der Waals surface area (Å²) >= 11 is 1.52. The summed E-state index contributed by atoms with van der Waals surface area (Å²) in [6.45, 7) is 6.39. The Morgan fingerprint density at radius 2 is 1.89 bits per heavy atom. The van der Waals surface area contributed by atoms with E-state index in [-0.39, 0.29) is 11.9 Å². The number of hydrogen-bond acceptors (Lipinski definition) is 6. The van der Waals surface area contributed by atoms with Crippen LogP contribution in [0.25, 0.3) is 0 Å². The van der Waals surface area contributed by atoms with Crippen molar-refractivity contribution in [3.63, 3.8) is 0 Å². The van der Waals surface area contributed by atoms with E-state index >= 15 is 0 Å². The minimum Gasteiger partial charge on any atom is -0.381 e. The van der Waals surface area contributed by atoms with Gasteiger partial charge in [0.25, 0.3) is 5.91 Å². The van der Waals surface area contributed by atoms with Crippen molar-refractivity contribution in [1.82, 2.24) is 15.5 Å². The van der Waals surface area contributed by atoms with Crippen molar-refractivity contribution < 1.29 is 9.32 Å². The van der Waals surface area contributed by atoms with Crippen LogP contribution >= 0.6 is 11.8 Å². The molecule has 0 radical (unpaired) electrons. The lowest BCUT2D eigenvalue weighted by Gasteiger charge is -2.18. The lowest BCUT2D eigenvalue weighted by molar-refractivity contribution is 0.0949. The van der Waals surface area contributed by atoms with E-state index in [9.17, 15) is 4.79 Å². The van der Waals surface area contributed by atoms with Crippen molar-refractivity contribution in [2.45, 2.75) is 37.5 Å². The molecule has 7 heteroatoms.